The number of aryl methyl sites for hydroxylation is 1. The number of halogens is 1. The zero-order valence-electron chi connectivity index (χ0n) is 10.7. The molecular weight excluding hydrogens is 290 g/mol. The van der Waals surface area contributed by atoms with Crippen molar-refractivity contribution in [2.45, 2.75) is 26.2 Å². The lowest BCUT2D eigenvalue weighted by Crippen LogP contribution is -2.29. The van der Waals surface area contributed by atoms with E-state index in [1.54, 1.807) is 0 Å². The maximum atomic E-state index is 12.5. The Bertz CT molecular complexity index is 473. The molecule has 2 nitrogen and oxygen atoms in total. The Kier molecular flexibility index (Phi) is 3.18. The first kappa shape index (κ1) is 12.2. The van der Waals surface area contributed by atoms with E-state index in [4.69, 9.17) is 0 Å². The molecule has 96 valence electrons. The quantitative estimate of drug-likeness (QED) is 0.776. The molecule has 0 spiro atoms. The zero-order valence-corrected chi connectivity index (χ0v) is 12.2. The summed E-state index contributed by atoms with van der Waals surface area (Å²) in [5.74, 6) is 1.72. The Balaban J connectivity index is 1.79. The molecule has 0 radical (unpaired) electrons. The van der Waals surface area contributed by atoms with Crippen LogP contribution < -0.4 is 0 Å². The molecule has 1 aliphatic carbocycles. The molecule has 3 heteroatoms. The lowest BCUT2D eigenvalue weighted by Gasteiger charge is -2.18. The number of carbonyl (C=O) groups is 1. The van der Waals surface area contributed by atoms with Crippen molar-refractivity contribution in [1.29, 1.82) is 0 Å². The van der Waals surface area contributed by atoms with E-state index in [1.807, 2.05) is 30.0 Å². The first-order chi connectivity index (χ1) is 8.65. The SMILES string of the molecule is Cc1ccc(C(=O)N2CC3CCCC3C2)c(Br)c1. The largest absolute Gasteiger partial charge is 0.338 e. The topological polar surface area (TPSA) is 20.3 Å². The average molecular weight is 308 g/mol. The van der Waals surface area contributed by atoms with Gasteiger partial charge in [-0.15, -0.1) is 0 Å². The molecule has 2 atom stereocenters. The number of carbonyl (C=O) groups excluding carboxylic acids is 1. The van der Waals surface area contributed by atoms with Gasteiger partial charge < -0.3 is 4.90 Å². The molecule has 0 bridgehead atoms. The minimum atomic E-state index is 0.191. The Morgan fingerprint density at radius 2 is 1.94 bits per heavy atom. The van der Waals surface area contributed by atoms with Gasteiger partial charge in [-0.05, 0) is 65.2 Å². The van der Waals surface area contributed by atoms with Crippen LogP contribution in [0.5, 0.6) is 0 Å². The highest BCUT2D eigenvalue weighted by Crippen LogP contribution is 2.38. The van der Waals surface area contributed by atoms with Crippen molar-refractivity contribution >= 4 is 21.8 Å². The van der Waals surface area contributed by atoms with E-state index >= 15 is 0 Å². The molecule has 1 heterocycles. The molecule has 1 saturated carbocycles. The molecule has 1 saturated heterocycles. The zero-order chi connectivity index (χ0) is 12.7. The van der Waals surface area contributed by atoms with Gasteiger partial charge >= 0.3 is 0 Å². The standard InChI is InChI=1S/C15H18BrNO/c1-10-5-6-13(14(16)7-10)15(18)17-8-11-3-2-4-12(11)9-17/h5-7,11-12H,2-4,8-9H2,1H3. The first-order valence-corrected chi connectivity index (χ1v) is 7.50. The molecule has 1 amide bonds. The number of hydrogen-bond donors (Lipinski definition) is 0. The third-order valence-corrected chi connectivity index (χ3v) is 5.02. The molecular formula is C15H18BrNO. The Morgan fingerprint density at radius 3 is 2.56 bits per heavy atom. The fourth-order valence-electron chi connectivity index (χ4n) is 3.36. The van der Waals surface area contributed by atoms with Crippen LogP contribution in [0.15, 0.2) is 22.7 Å². The van der Waals surface area contributed by atoms with Crippen molar-refractivity contribution in [3.05, 3.63) is 33.8 Å². The van der Waals surface area contributed by atoms with Crippen LogP contribution in [0.2, 0.25) is 0 Å². The predicted molar refractivity (Wildman–Crippen MR) is 75.6 cm³/mol. The third kappa shape index (κ3) is 2.09. The van der Waals surface area contributed by atoms with Gasteiger partial charge in [-0.25, -0.2) is 0 Å². The van der Waals surface area contributed by atoms with Crippen LogP contribution in [0.25, 0.3) is 0 Å². The van der Waals surface area contributed by atoms with E-state index in [2.05, 4.69) is 15.9 Å². The van der Waals surface area contributed by atoms with Crippen LogP contribution in [0.3, 0.4) is 0 Å². The lowest BCUT2D eigenvalue weighted by molar-refractivity contribution is 0.0780. The van der Waals surface area contributed by atoms with E-state index in [-0.39, 0.29) is 5.91 Å². The van der Waals surface area contributed by atoms with Crippen molar-refractivity contribution in [3.8, 4) is 0 Å². The van der Waals surface area contributed by atoms with E-state index < -0.39 is 0 Å². The highest BCUT2D eigenvalue weighted by molar-refractivity contribution is 9.10. The Labute approximate surface area is 116 Å². The van der Waals surface area contributed by atoms with Gasteiger partial charge in [0.1, 0.15) is 0 Å². The molecule has 1 aromatic carbocycles. The van der Waals surface area contributed by atoms with Gasteiger partial charge in [-0.1, -0.05) is 12.5 Å². The number of likely N-dealkylation sites (tertiary alicyclic amines) is 1. The van der Waals surface area contributed by atoms with E-state index in [0.29, 0.717) is 0 Å². The van der Waals surface area contributed by atoms with Crippen molar-refractivity contribution in [2.24, 2.45) is 11.8 Å². The second-order valence-corrected chi connectivity index (χ2v) is 6.50. The Morgan fingerprint density at radius 1 is 1.28 bits per heavy atom. The number of amides is 1. The number of benzene rings is 1. The summed E-state index contributed by atoms with van der Waals surface area (Å²) < 4.78 is 0.921. The van der Waals surface area contributed by atoms with E-state index in [9.17, 15) is 4.79 Å². The second kappa shape index (κ2) is 4.69. The predicted octanol–water partition coefficient (Wildman–Crippen LogP) is 3.63. The smallest absolute Gasteiger partial charge is 0.255 e. The van der Waals surface area contributed by atoms with Crippen molar-refractivity contribution in [2.75, 3.05) is 13.1 Å². The maximum absolute atomic E-state index is 12.5. The molecule has 2 fully saturated rings. The first-order valence-electron chi connectivity index (χ1n) is 6.70. The molecule has 0 aromatic heterocycles. The summed E-state index contributed by atoms with van der Waals surface area (Å²) in [4.78, 5) is 14.6. The molecule has 1 aromatic rings. The van der Waals surface area contributed by atoms with Crippen molar-refractivity contribution in [3.63, 3.8) is 0 Å². The van der Waals surface area contributed by atoms with Gasteiger partial charge in [0.2, 0.25) is 0 Å². The summed E-state index contributed by atoms with van der Waals surface area (Å²) in [6.45, 7) is 3.97. The number of hydrogen-bond acceptors (Lipinski definition) is 1. The van der Waals surface area contributed by atoms with Crippen molar-refractivity contribution < 1.29 is 4.79 Å². The third-order valence-electron chi connectivity index (χ3n) is 4.37. The van der Waals surface area contributed by atoms with Gasteiger partial charge in [-0.2, -0.15) is 0 Å². The molecule has 2 unspecified atom stereocenters. The molecule has 3 rings (SSSR count). The van der Waals surface area contributed by atoms with Crippen LogP contribution in [0, 0.1) is 18.8 Å². The van der Waals surface area contributed by atoms with Gasteiger partial charge in [0.25, 0.3) is 5.91 Å². The number of fused-ring (bicyclic) bond motifs is 1. The lowest BCUT2D eigenvalue weighted by atomic mass is 10.0. The van der Waals surface area contributed by atoms with E-state index in [1.165, 1.54) is 24.8 Å². The number of nitrogens with zero attached hydrogens (tertiary/aromatic N) is 1. The van der Waals surface area contributed by atoms with Crippen molar-refractivity contribution in [1.82, 2.24) is 4.90 Å². The summed E-state index contributed by atoms with van der Waals surface area (Å²) in [6, 6.07) is 5.97. The molecule has 2 aliphatic rings. The molecule has 0 N–H and O–H groups in total. The van der Waals surface area contributed by atoms with Crippen LogP contribution in [0.4, 0.5) is 0 Å². The maximum Gasteiger partial charge on any atom is 0.255 e. The minimum Gasteiger partial charge on any atom is -0.338 e. The normalized spacial score (nSPS) is 26.4. The van der Waals surface area contributed by atoms with Crippen LogP contribution in [0.1, 0.15) is 35.2 Å². The van der Waals surface area contributed by atoms with Gasteiger partial charge in [0.15, 0.2) is 0 Å². The Hall–Kier alpha value is -0.830. The van der Waals surface area contributed by atoms with Gasteiger partial charge in [0, 0.05) is 17.6 Å². The fourth-order valence-corrected chi connectivity index (χ4v) is 4.03. The van der Waals surface area contributed by atoms with Gasteiger partial charge in [0.05, 0.1) is 5.56 Å². The molecule has 18 heavy (non-hydrogen) atoms. The summed E-state index contributed by atoms with van der Waals surface area (Å²) >= 11 is 3.51. The highest BCUT2D eigenvalue weighted by atomic mass is 79.9. The van der Waals surface area contributed by atoms with Crippen LogP contribution in [-0.4, -0.2) is 23.9 Å². The summed E-state index contributed by atoms with van der Waals surface area (Å²) in [6.07, 6.45) is 3.97. The monoisotopic (exact) mass is 307 g/mol. The number of rotatable bonds is 1. The van der Waals surface area contributed by atoms with Crippen LogP contribution >= 0.6 is 15.9 Å². The fraction of sp³-hybridized carbons (Fsp3) is 0.533. The summed E-state index contributed by atoms with van der Waals surface area (Å²) in [5, 5.41) is 0. The summed E-state index contributed by atoms with van der Waals surface area (Å²) in [5.41, 5.74) is 1.98. The summed E-state index contributed by atoms with van der Waals surface area (Å²) in [7, 11) is 0. The van der Waals surface area contributed by atoms with Gasteiger partial charge in [-0.3, -0.25) is 4.79 Å². The average Bonchev–Trinajstić information content (AvgIpc) is 2.87. The second-order valence-electron chi connectivity index (χ2n) is 5.64. The molecule has 1 aliphatic heterocycles. The van der Waals surface area contributed by atoms with Crippen LogP contribution in [-0.2, 0) is 0 Å². The van der Waals surface area contributed by atoms with E-state index in [0.717, 1.165) is 35.0 Å². The minimum absolute atomic E-state index is 0.191. The highest BCUT2D eigenvalue weighted by Gasteiger charge is 2.38.